The summed E-state index contributed by atoms with van der Waals surface area (Å²) in [6, 6.07) is 10.8. The number of benzene rings is 1. The van der Waals surface area contributed by atoms with Gasteiger partial charge in [0.05, 0.1) is 6.42 Å². The Balaban J connectivity index is 2.01. The first-order chi connectivity index (χ1) is 8.25. The number of rotatable bonds is 3. The summed E-state index contributed by atoms with van der Waals surface area (Å²) >= 11 is 0. The van der Waals surface area contributed by atoms with Crippen LogP contribution in [-0.4, -0.2) is 10.9 Å². The standard InChI is InChI=1S/C13H13N3O/c14-12-4-2-1-3-10(12)9-13(17)16-11-5-7-15-8-6-11/h1-8H,9,14H2,(H,15,16,17). The number of para-hydroxylation sites is 1. The Labute approximate surface area is 99.5 Å². The predicted molar refractivity (Wildman–Crippen MR) is 67.4 cm³/mol. The summed E-state index contributed by atoms with van der Waals surface area (Å²) in [6.07, 6.45) is 3.54. The van der Waals surface area contributed by atoms with Crippen LogP contribution in [0.4, 0.5) is 11.4 Å². The fourth-order valence-electron chi connectivity index (χ4n) is 1.51. The summed E-state index contributed by atoms with van der Waals surface area (Å²) in [5, 5.41) is 2.78. The maximum absolute atomic E-state index is 11.7. The molecule has 0 saturated heterocycles. The van der Waals surface area contributed by atoms with E-state index in [1.165, 1.54) is 0 Å². The molecule has 0 fully saturated rings. The lowest BCUT2D eigenvalue weighted by Crippen LogP contribution is -2.15. The summed E-state index contributed by atoms with van der Waals surface area (Å²) in [7, 11) is 0. The second kappa shape index (κ2) is 5.12. The third kappa shape index (κ3) is 3.04. The molecule has 0 radical (unpaired) electrons. The van der Waals surface area contributed by atoms with E-state index in [0.717, 1.165) is 11.3 Å². The number of nitrogens with one attached hydrogen (secondary N) is 1. The van der Waals surface area contributed by atoms with Crippen LogP contribution in [0.1, 0.15) is 5.56 Å². The van der Waals surface area contributed by atoms with E-state index in [2.05, 4.69) is 10.3 Å². The highest BCUT2D eigenvalue weighted by molar-refractivity contribution is 5.92. The largest absolute Gasteiger partial charge is 0.398 e. The van der Waals surface area contributed by atoms with Gasteiger partial charge >= 0.3 is 0 Å². The number of hydrogen-bond donors (Lipinski definition) is 2. The van der Waals surface area contributed by atoms with Crippen molar-refractivity contribution in [2.45, 2.75) is 6.42 Å². The number of carbonyl (C=O) groups is 1. The van der Waals surface area contributed by atoms with Crippen LogP contribution in [0.3, 0.4) is 0 Å². The minimum Gasteiger partial charge on any atom is -0.398 e. The molecule has 1 aromatic carbocycles. The molecule has 4 heteroatoms. The van der Waals surface area contributed by atoms with Crippen LogP contribution in [-0.2, 0) is 11.2 Å². The van der Waals surface area contributed by atoms with Crippen molar-refractivity contribution >= 4 is 17.3 Å². The van der Waals surface area contributed by atoms with Crippen molar-refractivity contribution < 1.29 is 4.79 Å². The molecule has 1 aromatic heterocycles. The topological polar surface area (TPSA) is 68.0 Å². The quantitative estimate of drug-likeness (QED) is 0.786. The van der Waals surface area contributed by atoms with Gasteiger partial charge in [0.2, 0.25) is 5.91 Å². The fourth-order valence-corrected chi connectivity index (χ4v) is 1.51. The van der Waals surface area contributed by atoms with E-state index >= 15 is 0 Å². The second-order valence-corrected chi connectivity index (χ2v) is 3.66. The number of carbonyl (C=O) groups excluding carboxylic acids is 1. The van der Waals surface area contributed by atoms with Crippen LogP contribution < -0.4 is 11.1 Å². The van der Waals surface area contributed by atoms with Crippen molar-refractivity contribution in [2.24, 2.45) is 0 Å². The molecule has 17 heavy (non-hydrogen) atoms. The van der Waals surface area contributed by atoms with Gasteiger partial charge in [0.1, 0.15) is 0 Å². The number of amides is 1. The molecule has 3 N–H and O–H groups in total. The number of pyridine rings is 1. The molecule has 4 nitrogen and oxygen atoms in total. The maximum atomic E-state index is 11.7. The van der Waals surface area contributed by atoms with Crippen LogP contribution in [0.2, 0.25) is 0 Å². The Morgan fingerprint density at radius 2 is 1.88 bits per heavy atom. The molecule has 0 spiro atoms. The Kier molecular flexibility index (Phi) is 3.35. The van der Waals surface area contributed by atoms with Gasteiger partial charge in [-0.3, -0.25) is 9.78 Å². The van der Waals surface area contributed by atoms with Gasteiger partial charge in [0.25, 0.3) is 0 Å². The summed E-state index contributed by atoms with van der Waals surface area (Å²) in [5.41, 5.74) is 7.98. The Morgan fingerprint density at radius 3 is 2.59 bits per heavy atom. The zero-order chi connectivity index (χ0) is 12.1. The third-order valence-electron chi connectivity index (χ3n) is 2.37. The van der Waals surface area contributed by atoms with E-state index in [4.69, 9.17) is 5.73 Å². The second-order valence-electron chi connectivity index (χ2n) is 3.66. The average molecular weight is 227 g/mol. The molecule has 0 atom stereocenters. The van der Waals surface area contributed by atoms with E-state index in [0.29, 0.717) is 5.69 Å². The van der Waals surface area contributed by atoms with Crippen molar-refractivity contribution in [3.8, 4) is 0 Å². The van der Waals surface area contributed by atoms with E-state index < -0.39 is 0 Å². The van der Waals surface area contributed by atoms with Crippen molar-refractivity contribution in [3.63, 3.8) is 0 Å². The maximum Gasteiger partial charge on any atom is 0.228 e. The van der Waals surface area contributed by atoms with E-state index in [-0.39, 0.29) is 12.3 Å². The minimum atomic E-state index is -0.0888. The zero-order valence-electron chi connectivity index (χ0n) is 9.26. The van der Waals surface area contributed by atoms with Gasteiger partial charge in [-0.2, -0.15) is 0 Å². The molecule has 0 aliphatic heterocycles. The van der Waals surface area contributed by atoms with Crippen LogP contribution in [0.15, 0.2) is 48.8 Å². The monoisotopic (exact) mass is 227 g/mol. The van der Waals surface area contributed by atoms with Crippen molar-refractivity contribution in [3.05, 3.63) is 54.4 Å². The lowest BCUT2D eigenvalue weighted by atomic mass is 10.1. The minimum absolute atomic E-state index is 0.0888. The molecule has 0 unspecified atom stereocenters. The molecule has 0 saturated carbocycles. The van der Waals surface area contributed by atoms with E-state index in [1.54, 1.807) is 30.6 Å². The first-order valence-corrected chi connectivity index (χ1v) is 5.29. The molecule has 2 aromatic rings. The summed E-state index contributed by atoms with van der Waals surface area (Å²) in [6.45, 7) is 0. The van der Waals surface area contributed by atoms with Gasteiger partial charge in [-0.05, 0) is 23.8 Å². The predicted octanol–water partition coefficient (Wildman–Crippen LogP) is 1.84. The number of aromatic nitrogens is 1. The van der Waals surface area contributed by atoms with Crippen molar-refractivity contribution in [1.29, 1.82) is 0 Å². The zero-order valence-corrected chi connectivity index (χ0v) is 9.26. The van der Waals surface area contributed by atoms with Gasteiger partial charge in [-0.15, -0.1) is 0 Å². The third-order valence-corrected chi connectivity index (χ3v) is 2.37. The highest BCUT2D eigenvalue weighted by Crippen LogP contribution is 2.12. The van der Waals surface area contributed by atoms with Gasteiger partial charge in [0, 0.05) is 23.8 Å². The van der Waals surface area contributed by atoms with Crippen LogP contribution in [0.5, 0.6) is 0 Å². The van der Waals surface area contributed by atoms with E-state index in [1.807, 2.05) is 18.2 Å². The molecule has 1 amide bonds. The number of nitrogens with zero attached hydrogens (tertiary/aromatic N) is 1. The smallest absolute Gasteiger partial charge is 0.228 e. The Bertz CT molecular complexity index is 511. The first-order valence-electron chi connectivity index (χ1n) is 5.29. The molecule has 0 aliphatic carbocycles. The molecule has 2 rings (SSSR count). The van der Waals surface area contributed by atoms with Gasteiger partial charge in [0.15, 0.2) is 0 Å². The highest BCUT2D eigenvalue weighted by atomic mass is 16.1. The van der Waals surface area contributed by atoms with Crippen LogP contribution in [0, 0.1) is 0 Å². The normalized spacial score (nSPS) is 9.88. The molecule has 0 aliphatic rings. The average Bonchev–Trinajstić information content (AvgIpc) is 2.33. The Morgan fingerprint density at radius 1 is 1.18 bits per heavy atom. The number of anilines is 2. The highest BCUT2D eigenvalue weighted by Gasteiger charge is 2.05. The van der Waals surface area contributed by atoms with E-state index in [9.17, 15) is 4.79 Å². The lowest BCUT2D eigenvalue weighted by molar-refractivity contribution is -0.115. The number of hydrogen-bond acceptors (Lipinski definition) is 3. The SMILES string of the molecule is Nc1ccccc1CC(=O)Nc1ccncc1. The summed E-state index contributed by atoms with van der Waals surface area (Å²) in [5.74, 6) is -0.0888. The fraction of sp³-hybridized carbons (Fsp3) is 0.0769. The summed E-state index contributed by atoms with van der Waals surface area (Å²) < 4.78 is 0. The molecular formula is C13H13N3O. The Hall–Kier alpha value is -2.36. The summed E-state index contributed by atoms with van der Waals surface area (Å²) in [4.78, 5) is 15.6. The molecule has 0 bridgehead atoms. The number of nitrogens with two attached hydrogens (primary N) is 1. The lowest BCUT2D eigenvalue weighted by Gasteiger charge is -2.06. The molecule has 1 heterocycles. The van der Waals surface area contributed by atoms with Gasteiger partial charge in [-0.1, -0.05) is 18.2 Å². The molecular weight excluding hydrogens is 214 g/mol. The van der Waals surface area contributed by atoms with Crippen molar-refractivity contribution in [1.82, 2.24) is 4.98 Å². The van der Waals surface area contributed by atoms with Gasteiger partial charge < -0.3 is 11.1 Å². The number of nitrogen functional groups attached to an aromatic ring is 1. The van der Waals surface area contributed by atoms with Gasteiger partial charge in [-0.25, -0.2) is 0 Å². The van der Waals surface area contributed by atoms with Crippen LogP contribution >= 0.6 is 0 Å². The molecule has 86 valence electrons. The first kappa shape index (κ1) is 11.1. The van der Waals surface area contributed by atoms with Crippen molar-refractivity contribution in [2.75, 3.05) is 11.1 Å². The van der Waals surface area contributed by atoms with Crippen LogP contribution in [0.25, 0.3) is 0 Å².